The summed E-state index contributed by atoms with van der Waals surface area (Å²) in [5.41, 5.74) is 3.84. The monoisotopic (exact) mass is 200 g/mol. The summed E-state index contributed by atoms with van der Waals surface area (Å²) in [6.07, 6.45) is 6.21. The molecule has 15 heavy (non-hydrogen) atoms. The third-order valence-electron chi connectivity index (χ3n) is 2.78. The van der Waals surface area contributed by atoms with Gasteiger partial charge in [0.15, 0.2) is 24.3 Å². The molecule has 0 atom stereocenters. The van der Waals surface area contributed by atoms with Crippen LogP contribution < -0.4 is 9.13 Å². The molecule has 2 nitrogen and oxygen atoms in total. The number of aryl methyl sites for hydroxylation is 2. The SMILES string of the molecule is Cc1c(-c2cc[n+](C)cc2)ccc[n+]1C. The fraction of sp³-hybridized carbons (Fsp3) is 0.231. The van der Waals surface area contributed by atoms with Gasteiger partial charge in [-0.05, 0) is 11.6 Å². The van der Waals surface area contributed by atoms with Gasteiger partial charge in [-0.25, -0.2) is 9.13 Å². The van der Waals surface area contributed by atoms with E-state index in [4.69, 9.17) is 0 Å². The summed E-state index contributed by atoms with van der Waals surface area (Å²) >= 11 is 0. The number of hydrogen-bond donors (Lipinski definition) is 0. The normalized spacial score (nSPS) is 10.3. The molecule has 2 rings (SSSR count). The predicted octanol–water partition coefficient (Wildman–Crippen LogP) is 1.31. The van der Waals surface area contributed by atoms with Gasteiger partial charge < -0.3 is 0 Å². The smallest absolute Gasteiger partial charge is 0.185 e. The predicted molar refractivity (Wildman–Crippen MR) is 59.0 cm³/mol. The molecule has 0 aliphatic rings. The zero-order valence-corrected chi connectivity index (χ0v) is 9.44. The molecule has 0 fully saturated rings. The molecule has 0 unspecified atom stereocenters. The van der Waals surface area contributed by atoms with E-state index in [0.29, 0.717) is 0 Å². The summed E-state index contributed by atoms with van der Waals surface area (Å²) in [6, 6.07) is 8.52. The van der Waals surface area contributed by atoms with Crippen LogP contribution in [0.25, 0.3) is 11.1 Å². The van der Waals surface area contributed by atoms with Gasteiger partial charge in [-0.2, -0.15) is 0 Å². The van der Waals surface area contributed by atoms with Gasteiger partial charge in [0, 0.05) is 30.7 Å². The first-order chi connectivity index (χ1) is 7.18. The van der Waals surface area contributed by atoms with E-state index in [2.05, 4.69) is 61.4 Å². The average molecular weight is 200 g/mol. The Morgan fingerprint density at radius 1 is 0.933 bits per heavy atom. The van der Waals surface area contributed by atoms with Gasteiger partial charge in [0.05, 0.1) is 0 Å². The standard InChI is InChI=1S/C13H16N2/c1-11-13(5-4-8-15(11)3)12-6-9-14(2)10-7-12/h4-10H,1-3H3/q+2. The van der Waals surface area contributed by atoms with Gasteiger partial charge in [0.1, 0.15) is 14.1 Å². The van der Waals surface area contributed by atoms with Crippen LogP contribution in [0.1, 0.15) is 5.69 Å². The van der Waals surface area contributed by atoms with Crippen LogP contribution in [0.5, 0.6) is 0 Å². The first-order valence-corrected chi connectivity index (χ1v) is 5.09. The van der Waals surface area contributed by atoms with Gasteiger partial charge in [-0.15, -0.1) is 0 Å². The van der Waals surface area contributed by atoms with E-state index in [-0.39, 0.29) is 0 Å². The summed E-state index contributed by atoms with van der Waals surface area (Å²) in [4.78, 5) is 0. The van der Waals surface area contributed by atoms with Gasteiger partial charge >= 0.3 is 0 Å². The Morgan fingerprint density at radius 3 is 2.27 bits per heavy atom. The lowest BCUT2D eigenvalue weighted by atomic mass is 10.1. The lowest BCUT2D eigenvalue weighted by Gasteiger charge is -2.02. The first kappa shape index (κ1) is 9.84. The molecule has 0 aromatic carbocycles. The van der Waals surface area contributed by atoms with Crippen LogP contribution in [0.3, 0.4) is 0 Å². The van der Waals surface area contributed by atoms with Crippen LogP contribution in [0, 0.1) is 6.92 Å². The maximum absolute atomic E-state index is 2.16. The van der Waals surface area contributed by atoms with Crippen molar-refractivity contribution in [1.82, 2.24) is 0 Å². The average Bonchev–Trinajstić information content (AvgIpc) is 2.24. The molecule has 0 amide bonds. The highest BCUT2D eigenvalue weighted by molar-refractivity contribution is 5.63. The van der Waals surface area contributed by atoms with Crippen molar-refractivity contribution in [3.05, 3.63) is 48.5 Å². The van der Waals surface area contributed by atoms with E-state index in [0.717, 1.165) is 0 Å². The van der Waals surface area contributed by atoms with Crippen LogP contribution >= 0.6 is 0 Å². The molecule has 0 radical (unpaired) electrons. The van der Waals surface area contributed by atoms with E-state index < -0.39 is 0 Å². The molecule has 0 bridgehead atoms. The van der Waals surface area contributed by atoms with Crippen molar-refractivity contribution in [1.29, 1.82) is 0 Å². The second-order valence-electron chi connectivity index (χ2n) is 3.87. The molecule has 0 saturated carbocycles. The largest absolute Gasteiger partial charge is 0.208 e. The second kappa shape index (κ2) is 3.81. The molecule has 0 aliphatic carbocycles. The molecule has 2 aromatic rings. The summed E-state index contributed by atoms with van der Waals surface area (Å²) in [5, 5.41) is 0. The van der Waals surface area contributed by atoms with Gasteiger partial charge in [-0.1, -0.05) is 0 Å². The third-order valence-corrected chi connectivity index (χ3v) is 2.78. The highest BCUT2D eigenvalue weighted by Gasteiger charge is 2.09. The number of rotatable bonds is 1. The van der Waals surface area contributed by atoms with Crippen LogP contribution in [-0.2, 0) is 14.1 Å². The van der Waals surface area contributed by atoms with E-state index in [1.807, 2.05) is 11.6 Å². The summed E-state index contributed by atoms with van der Waals surface area (Å²) in [7, 11) is 4.10. The minimum absolute atomic E-state index is 1.27. The van der Waals surface area contributed by atoms with Crippen LogP contribution in [0.4, 0.5) is 0 Å². The minimum Gasteiger partial charge on any atom is -0.208 e. The maximum atomic E-state index is 2.16. The maximum Gasteiger partial charge on any atom is 0.185 e. The fourth-order valence-corrected chi connectivity index (χ4v) is 1.68. The zero-order chi connectivity index (χ0) is 10.8. The van der Waals surface area contributed by atoms with Crippen molar-refractivity contribution < 1.29 is 9.13 Å². The van der Waals surface area contributed by atoms with Gasteiger partial charge in [-0.3, -0.25) is 0 Å². The van der Waals surface area contributed by atoms with E-state index in [9.17, 15) is 0 Å². The summed E-state index contributed by atoms with van der Waals surface area (Å²) in [5.74, 6) is 0. The Hall–Kier alpha value is -1.70. The van der Waals surface area contributed by atoms with E-state index in [1.165, 1.54) is 16.8 Å². The molecular weight excluding hydrogens is 184 g/mol. The Bertz CT molecular complexity index is 472. The Labute approximate surface area is 90.4 Å². The fourth-order valence-electron chi connectivity index (χ4n) is 1.68. The lowest BCUT2D eigenvalue weighted by Crippen LogP contribution is -2.31. The topological polar surface area (TPSA) is 7.76 Å². The molecule has 0 aliphatic heterocycles. The van der Waals surface area contributed by atoms with Crippen molar-refractivity contribution in [3.63, 3.8) is 0 Å². The molecule has 0 saturated heterocycles. The van der Waals surface area contributed by atoms with Crippen LogP contribution in [0.2, 0.25) is 0 Å². The van der Waals surface area contributed by atoms with Gasteiger partial charge in [0.25, 0.3) is 0 Å². The second-order valence-corrected chi connectivity index (χ2v) is 3.87. The van der Waals surface area contributed by atoms with Crippen molar-refractivity contribution in [2.75, 3.05) is 0 Å². The molecular formula is C13H16N2+2. The number of hydrogen-bond acceptors (Lipinski definition) is 0. The van der Waals surface area contributed by atoms with Gasteiger partial charge in [0.2, 0.25) is 0 Å². The number of pyridine rings is 2. The first-order valence-electron chi connectivity index (χ1n) is 5.09. The highest BCUT2D eigenvalue weighted by Crippen LogP contribution is 2.18. The van der Waals surface area contributed by atoms with Crippen molar-refractivity contribution in [2.24, 2.45) is 14.1 Å². The molecule has 2 heteroatoms. The lowest BCUT2D eigenvalue weighted by molar-refractivity contribution is -0.677. The highest BCUT2D eigenvalue weighted by atomic mass is 14.9. The summed E-state index contributed by atoms with van der Waals surface area (Å²) < 4.78 is 4.18. The summed E-state index contributed by atoms with van der Waals surface area (Å²) in [6.45, 7) is 2.14. The molecule has 0 N–H and O–H groups in total. The molecule has 0 spiro atoms. The molecule has 2 aromatic heterocycles. The molecule has 76 valence electrons. The van der Waals surface area contributed by atoms with Crippen LogP contribution in [0.15, 0.2) is 42.9 Å². The molecule has 2 heterocycles. The Balaban J connectivity index is 2.54. The number of nitrogens with zero attached hydrogens (tertiary/aromatic N) is 2. The Morgan fingerprint density at radius 2 is 1.60 bits per heavy atom. The van der Waals surface area contributed by atoms with Crippen LogP contribution in [-0.4, -0.2) is 0 Å². The van der Waals surface area contributed by atoms with Crippen molar-refractivity contribution in [3.8, 4) is 11.1 Å². The number of aromatic nitrogens is 2. The third kappa shape index (κ3) is 1.89. The van der Waals surface area contributed by atoms with E-state index in [1.54, 1.807) is 0 Å². The van der Waals surface area contributed by atoms with Crippen molar-refractivity contribution >= 4 is 0 Å². The zero-order valence-electron chi connectivity index (χ0n) is 9.44. The minimum atomic E-state index is 1.27. The van der Waals surface area contributed by atoms with Crippen molar-refractivity contribution in [2.45, 2.75) is 6.92 Å². The van der Waals surface area contributed by atoms with E-state index >= 15 is 0 Å². The quantitative estimate of drug-likeness (QED) is 0.613. The Kier molecular flexibility index (Phi) is 2.50.